The molecule has 0 spiro atoms. The Balaban J connectivity index is -0.0000000189. The molecule has 0 heterocycles. The predicted molar refractivity (Wildman–Crippen MR) is 59.6 cm³/mol. The minimum absolute atomic E-state index is 0. The van der Waals surface area contributed by atoms with E-state index >= 15 is 0 Å². The van der Waals surface area contributed by atoms with Gasteiger partial charge in [0.15, 0.2) is 0 Å². The monoisotopic (exact) mass is 357 g/mol. The van der Waals surface area contributed by atoms with Crippen LogP contribution in [-0.4, -0.2) is 18.5 Å². The van der Waals surface area contributed by atoms with E-state index < -0.39 is 0 Å². The summed E-state index contributed by atoms with van der Waals surface area (Å²) in [6, 6.07) is 0. The Morgan fingerprint density at radius 1 is 0.556 bits per heavy atom. The second kappa shape index (κ2) is 124. The van der Waals surface area contributed by atoms with E-state index in [1.807, 2.05) is 0 Å². The molecule has 0 aliphatic carbocycles. The van der Waals surface area contributed by atoms with E-state index in [0.717, 1.165) is 0 Å². The van der Waals surface area contributed by atoms with Crippen LogP contribution in [0.15, 0.2) is 0 Å². The predicted octanol–water partition coefficient (Wildman–Crippen LogP) is 2.07. The van der Waals surface area contributed by atoms with Crippen LogP contribution in [0.4, 0.5) is 0 Å². The maximum atomic E-state index is 7.50. The third kappa shape index (κ3) is 103. The minimum atomic E-state index is 0. The zero-order valence-corrected chi connectivity index (χ0v) is 13.6. The van der Waals surface area contributed by atoms with Crippen LogP contribution in [-0.2, 0) is 44.3 Å². The van der Waals surface area contributed by atoms with Gasteiger partial charge in [0, 0.05) is 21.1 Å². The summed E-state index contributed by atoms with van der Waals surface area (Å²) in [6.45, 7) is 29.4. The summed E-state index contributed by atoms with van der Waals surface area (Å²) >= 11 is 0. The summed E-state index contributed by atoms with van der Waals surface area (Å²) in [5, 5.41) is 0. The fraction of sp³-hybridized carbons (Fsp3) is 0.545. The minimum Gasteiger partial charge on any atom is 0 e. The van der Waals surface area contributed by atoms with Crippen LogP contribution in [0.3, 0.4) is 0 Å². The van der Waals surface area contributed by atoms with E-state index in [1.54, 1.807) is 0 Å². The van der Waals surface area contributed by atoms with Crippen molar-refractivity contribution >= 4 is 7.92 Å². The molecule has 0 aromatic heterocycles. The topological polar surface area (TPSA) is 99.5 Å². The molecular formula is C11H16MoO5P+. The van der Waals surface area contributed by atoms with Crippen LogP contribution in [0.1, 0.15) is 20.8 Å². The summed E-state index contributed by atoms with van der Waals surface area (Å²) in [5.41, 5.74) is 0. The molecule has 100 valence electrons. The number of rotatable bonds is 3. The van der Waals surface area contributed by atoms with Crippen molar-refractivity contribution in [2.24, 2.45) is 0 Å². The van der Waals surface area contributed by atoms with Gasteiger partial charge >= 0.3 is 56.5 Å². The van der Waals surface area contributed by atoms with Gasteiger partial charge in [0.25, 0.3) is 0 Å². The van der Waals surface area contributed by atoms with E-state index in [4.69, 9.17) is 23.3 Å². The van der Waals surface area contributed by atoms with Crippen molar-refractivity contribution in [3.8, 4) is 0 Å². The fourth-order valence-corrected chi connectivity index (χ4v) is 2.25. The molecule has 0 aromatic rings. The Morgan fingerprint density at radius 3 is 0.667 bits per heavy atom. The van der Waals surface area contributed by atoms with Crippen molar-refractivity contribution < 1.29 is 44.3 Å². The van der Waals surface area contributed by atoms with Crippen molar-refractivity contribution in [2.45, 2.75) is 20.8 Å². The third-order valence-electron chi connectivity index (χ3n) is 1.50. The van der Waals surface area contributed by atoms with Gasteiger partial charge in [0.05, 0.1) is 18.5 Å². The average Bonchev–Trinajstić information content (AvgIpc) is 2.51. The van der Waals surface area contributed by atoms with Crippen molar-refractivity contribution in [3.63, 3.8) is 0 Å². The molecule has 0 fully saturated rings. The molecule has 0 aliphatic rings. The van der Waals surface area contributed by atoms with E-state index in [0.29, 0.717) is 0 Å². The van der Waals surface area contributed by atoms with Crippen LogP contribution in [0.2, 0.25) is 0 Å². The van der Waals surface area contributed by atoms with Gasteiger partial charge in [0.1, 0.15) is 0 Å². The summed E-state index contributed by atoms with van der Waals surface area (Å²) in [7, 11) is 0.137. The van der Waals surface area contributed by atoms with Gasteiger partial charge in [0.2, 0.25) is 0 Å². The molecule has 0 bridgehead atoms. The molecule has 0 saturated heterocycles. The quantitative estimate of drug-likeness (QED) is 0.320. The summed E-state index contributed by atoms with van der Waals surface area (Å²) in [4.78, 5) is 0. The Bertz CT molecular complexity index is 142. The zero-order valence-electron chi connectivity index (χ0n) is 10.6. The molecule has 0 aromatic carbocycles. The van der Waals surface area contributed by atoms with Crippen LogP contribution < -0.4 is 0 Å². The molecule has 5 nitrogen and oxygen atoms in total. The van der Waals surface area contributed by atoms with Crippen molar-refractivity contribution in [2.75, 3.05) is 18.5 Å². The van der Waals surface area contributed by atoms with Crippen LogP contribution in [0, 0.1) is 33.3 Å². The Kier molecular flexibility index (Phi) is 297. The molecule has 0 atom stereocenters. The van der Waals surface area contributed by atoms with Crippen LogP contribution >= 0.6 is 7.92 Å². The number of hydrogen-bond donors (Lipinski definition) is 0. The second-order valence-corrected chi connectivity index (χ2v) is 5.43. The molecule has 0 N–H and O–H groups in total. The Morgan fingerprint density at radius 2 is 0.667 bits per heavy atom. The molecule has 0 unspecified atom stereocenters. The first kappa shape index (κ1) is 43.1. The van der Waals surface area contributed by atoms with Gasteiger partial charge in [-0.2, -0.15) is 0 Å². The van der Waals surface area contributed by atoms with E-state index in [9.17, 15) is 0 Å². The van der Waals surface area contributed by atoms with Gasteiger partial charge in [-0.3, -0.25) is 0 Å². The largest absolute Gasteiger partial charge is 0 e. The first-order valence-corrected chi connectivity index (χ1v) is 6.32. The smallest absolute Gasteiger partial charge is 0 e. The molecule has 7 heteroatoms. The molecular weight excluding hydrogens is 339 g/mol. The van der Waals surface area contributed by atoms with E-state index in [2.05, 4.69) is 54.0 Å². The van der Waals surface area contributed by atoms with E-state index in [-0.39, 0.29) is 29.0 Å². The van der Waals surface area contributed by atoms with Crippen LogP contribution in [0.5, 0.6) is 0 Å². The molecule has 0 aliphatic heterocycles. The third-order valence-corrected chi connectivity index (χ3v) is 4.50. The molecule has 0 amide bonds. The van der Waals surface area contributed by atoms with Crippen molar-refractivity contribution in [1.82, 2.24) is 0 Å². The molecule has 0 radical (unpaired) electrons. The summed E-state index contributed by atoms with van der Waals surface area (Å²) < 4.78 is 37.5. The van der Waals surface area contributed by atoms with E-state index in [1.165, 1.54) is 18.5 Å². The van der Waals surface area contributed by atoms with Gasteiger partial charge in [-0.05, 0) is 28.7 Å². The molecule has 0 rings (SSSR count). The van der Waals surface area contributed by atoms with Gasteiger partial charge < -0.3 is 0 Å². The maximum absolute atomic E-state index is 7.50. The SMILES string of the molecule is CC[PH+](CC)CC.[C-]#[O+].[C-]#[O+].[C-]#[O+].[C-]#[O+].[C-]#[O+].[Mo]. The van der Waals surface area contributed by atoms with Gasteiger partial charge in [-0.1, -0.05) is 0 Å². The molecule has 0 saturated carbocycles. The number of hydrogen-bond acceptors (Lipinski definition) is 0. The zero-order chi connectivity index (χ0) is 15.7. The summed E-state index contributed by atoms with van der Waals surface area (Å²) in [5.74, 6) is 0. The summed E-state index contributed by atoms with van der Waals surface area (Å²) in [6.07, 6.45) is 4.37. The standard InChI is InChI=1S/C6H15P.5CO.Mo/c1-4-7(5-2)6-3;5*1-2;/h4-6H2,1-3H3;;;;;;/p+1. The molecule has 18 heavy (non-hydrogen) atoms. The Labute approximate surface area is 125 Å². The van der Waals surface area contributed by atoms with Crippen LogP contribution in [0.25, 0.3) is 0 Å². The normalized spacial score (nSPS) is 4.56. The average molecular weight is 355 g/mol. The fourth-order valence-electron chi connectivity index (χ4n) is 0.750. The van der Waals surface area contributed by atoms with Crippen molar-refractivity contribution in [3.05, 3.63) is 33.3 Å². The van der Waals surface area contributed by atoms with Crippen molar-refractivity contribution in [1.29, 1.82) is 0 Å². The first-order valence-electron chi connectivity index (χ1n) is 4.20. The van der Waals surface area contributed by atoms with Gasteiger partial charge in [-0.25, -0.2) is 0 Å². The second-order valence-electron chi connectivity index (χ2n) is 1.81. The maximum Gasteiger partial charge on any atom is 0 e. The van der Waals surface area contributed by atoms with Gasteiger partial charge in [-0.15, -0.1) is 0 Å². The Hall–Kier alpha value is -0.182. The first-order chi connectivity index (χ1) is 8.35.